The minimum Gasteiger partial charge on any atom is -0.317 e. The number of alkyl halides is 1. The van der Waals surface area contributed by atoms with E-state index in [4.69, 9.17) is 23.2 Å². The third kappa shape index (κ3) is 2.68. The number of nitrogens with zero attached hydrogens (tertiary/aromatic N) is 3. The predicted octanol–water partition coefficient (Wildman–Crippen LogP) is 5.36. The Kier molecular flexibility index (Phi) is 3.95. The third-order valence-electron chi connectivity index (χ3n) is 3.42. The van der Waals surface area contributed by atoms with Crippen molar-refractivity contribution in [2.24, 2.45) is 0 Å². The van der Waals surface area contributed by atoms with E-state index >= 15 is 0 Å². The average Bonchev–Trinajstić information content (AvgIpc) is 3.01. The number of hydrogen-bond donors (Lipinski definition) is 0. The van der Waals surface area contributed by atoms with Crippen molar-refractivity contribution in [2.45, 2.75) is 32.2 Å². The molecule has 0 fully saturated rings. The van der Waals surface area contributed by atoms with Gasteiger partial charge in [0.2, 0.25) is 0 Å². The molecule has 0 aliphatic carbocycles. The van der Waals surface area contributed by atoms with Crippen molar-refractivity contribution in [3.05, 3.63) is 45.1 Å². The summed E-state index contributed by atoms with van der Waals surface area (Å²) >= 11 is 14.2. The highest BCUT2D eigenvalue weighted by atomic mass is 35.5. The predicted molar refractivity (Wildman–Crippen MR) is 89.7 cm³/mol. The van der Waals surface area contributed by atoms with Gasteiger partial charge in [-0.3, -0.25) is 0 Å². The Balaban J connectivity index is 2.23. The molecule has 21 heavy (non-hydrogen) atoms. The summed E-state index contributed by atoms with van der Waals surface area (Å²) in [5.41, 5.74) is 1.90. The van der Waals surface area contributed by atoms with E-state index in [1.807, 2.05) is 31.3 Å². The van der Waals surface area contributed by atoms with Crippen molar-refractivity contribution in [1.82, 2.24) is 14.5 Å². The Hall–Kier alpha value is -1.10. The van der Waals surface area contributed by atoms with E-state index in [1.165, 1.54) is 4.88 Å². The number of aryl methyl sites for hydroxylation is 1. The molecule has 2 unspecified atom stereocenters. The first kappa shape index (κ1) is 14.8. The number of thiazole rings is 1. The van der Waals surface area contributed by atoms with Crippen LogP contribution in [0.5, 0.6) is 0 Å². The number of benzene rings is 1. The number of hydrogen-bond acceptors (Lipinski definition) is 3. The van der Waals surface area contributed by atoms with Gasteiger partial charge in [0.15, 0.2) is 0 Å². The summed E-state index contributed by atoms with van der Waals surface area (Å²) in [6, 6.07) is 5.78. The Morgan fingerprint density at radius 3 is 2.67 bits per heavy atom. The molecule has 0 spiro atoms. The quantitative estimate of drug-likeness (QED) is 0.601. The van der Waals surface area contributed by atoms with Crippen molar-refractivity contribution >= 4 is 45.6 Å². The normalized spacial score (nSPS) is 14.5. The van der Waals surface area contributed by atoms with Crippen molar-refractivity contribution in [2.75, 3.05) is 0 Å². The van der Waals surface area contributed by atoms with E-state index in [2.05, 4.69) is 28.4 Å². The van der Waals surface area contributed by atoms with Crippen LogP contribution in [0.25, 0.3) is 11.0 Å². The standard InChI is InChI=1S/C15H15Cl2N3S/c1-8-7-18-15(21-8)10(3)20-13-6-11(17)4-5-12(13)19-14(20)9(2)16/h4-7,9-10H,1-3H3. The maximum atomic E-state index is 6.32. The first-order valence-corrected chi connectivity index (χ1v) is 8.34. The van der Waals surface area contributed by atoms with Gasteiger partial charge < -0.3 is 4.57 Å². The molecule has 2 aromatic heterocycles. The van der Waals surface area contributed by atoms with Crippen LogP contribution in [0.4, 0.5) is 0 Å². The van der Waals surface area contributed by atoms with Crippen LogP contribution in [-0.2, 0) is 0 Å². The van der Waals surface area contributed by atoms with Crippen molar-refractivity contribution in [1.29, 1.82) is 0 Å². The molecule has 0 radical (unpaired) electrons. The molecule has 3 nitrogen and oxygen atoms in total. The maximum absolute atomic E-state index is 6.32. The Bertz CT molecular complexity index is 791. The van der Waals surface area contributed by atoms with Crippen LogP contribution < -0.4 is 0 Å². The topological polar surface area (TPSA) is 30.7 Å². The summed E-state index contributed by atoms with van der Waals surface area (Å²) < 4.78 is 2.14. The number of fused-ring (bicyclic) bond motifs is 1. The molecule has 3 rings (SSSR count). The molecule has 0 aliphatic rings. The molecule has 1 aromatic carbocycles. The van der Waals surface area contributed by atoms with E-state index < -0.39 is 0 Å². The lowest BCUT2D eigenvalue weighted by Crippen LogP contribution is -2.11. The van der Waals surface area contributed by atoms with E-state index in [9.17, 15) is 0 Å². The van der Waals surface area contributed by atoms with Crippen LogP contribution in [0.1, 0.15) is 41.0 Å². The summed E-state index contributed by atoms with van der Waals surface area (Å²) in [6.07, 6.45) is 1.90. The second kappa shape index (κ2) is 5.59. The minimum absolute atomic E-state index is 0.0726. The Morgan fingerprint density at radius 1 is 1.29 bits per heavy atom. The third-order valence-corrected chi connectivity index (χ3v) is 4.93. The Morgan fingerprint density at radius 2 is 2.05 bits per heavy atom. The molecule has 110 valence electrons. The second-order valence-electron chi connectivity index (χ2n) is 5.07. The van der Waals surface area contributed by atoms with Crippen LogP contribution >= 0.6 is 34.5 Å². The lowest BCUT2D eigenvalue weighted by Gasteiger charge is -2.16. The average molecular weight is 340 g/mol. The van der Waals surface area contributed by atoms with Gasteiger partial charge in [-0.2, -0.15) is 0 Å². The first-order chi connectivity index (χ1) is 9.97. The second-order valence-corrected chi connectivity index (χ2v) is 7.43. The fourth-order valence-electron chi connectivity index (χ4n) is 2.45. The van der Waals surface area contributed by atoms with Crippen LogP contribution in [0.15, 0.2) is 24.4 Å². The number of aromatic nitrogens is 3. The smallest absolute Gasteiger partial charge is 0.128 e. The zero-order valence-corrected chi connectivity index (χ0v) is 14.3. The summed E-state index contributed by atoms with van der Waals surface area (Å²) in [5.74, 6) is 0.842. The molecule has 0 bridgehead atoms. The maximum Gasteiger partial charge on any atom is 0.128 e. The molecule has 0 saturated heterocycles. The van der Waals surface area contributed by atoms with Gasteiger partial charge in [-0.15, -0.1) is 22.9 Å². The molecular weight excluding hydrogens is 325 g/mol. The number of rotatable bonds is 3. The first-order valence-electron chi connectivity index (χ1n) is 6.71. The van der Waals surface area contributed by atoms with Crippen LogP contribution in [-0.4, -0.2) is 14.5 Å². The molecule has 0 saturated carbocycles. The molecule has 3 aromatic rings. The Labute approximate surface area is 137 Å². The van der Waals surface area contributed by atoms with Crippen molar-refractivity contribution in [3.63, 3.8) is 0 Å². The molecular formula is C15H15Cl2N3S. The lowest BCUT2D eigenvalue weighted by molar-refractivity contribution is 0.615. The zero-order chi connectivity index (χ0) is 15.1. The van der Waals surface area contributed by atoms with Crippen LogP contribution in [0, 0.1) is 6.92 Å². The molecule has 0 aliphatic heterocycles. The summed E-state index contributed by atoms with van der Waals surface area (Å²) in [7, 11) is 0. The van der Waals surface area contributed by atoms with Crippen molar-refractivity contribution < 1.29 is 0 Å². The van der Waals surface area contributed by atoms with Gasteiger partial charge >= 0.3 is 0 Å². The van der Waals surface area contributed by atoms with Crippen molar-refractivity contribution in [3.8, 4) is 0 Å². The molecule has 6 heteroatoms. The molecule has 0 amide bonds. The van der Waals surface area contributed by atoms with Crippen LogP contribution in [0.2, 0.25) is 5.02 Å². The lowest BCUT2D eigenvalue weighted by atomic mass is 10.2. The fraction of sp³-hybridized carbons (Fsp3) is 0.333. The van der Waals surface area contributed by atoms with Gasteiger partial charge in [0.25, 0.3) is 0 Å². The molecule has 0 N–H and O–H groups in total. The van der Waals surface area contributed by atoms with Gasteiger partial charge in [0.05, 0.1) is 22.5 Å². The van der Waals surface area contributed by atoms with Gasteiger partial charge in [0, 0.05) is 16.1 Å². The van der Waals surface area contributed by atoms with E-state index in [-0.39, 0.29) is 11.4 Å². The fourth-order valence-corrected chi connectivity index (χ4v) is 3.59. The minimum atomic E-state index is -0.181. The largest absolute Gasteiger partial charge is 0.317 e. The molecule has 2 atom stereocenters. The van der Waals surface area contributed by atoms with Gasteiger partial charge in [-0.1, -0.05) is 11.6 Å². The van der Waals surface area contributed by atoms with E-state index in [0.29, 0.717) is 5.02 Å². The van der Waals surface area contributed by atoms with Gasteiger partial charge in [0.1, 0.15) is 10.8 Å². The van der Waals surface area contributed by atoms with E-state index in [0.717, 1.165) is 21.9 Å². The SMILES string of the molecule is Cc1cnc(C(C)n2c(C(C)Cl)nc3ccc(Cl)cc32)s1. The van der Waals surface area contributed by atoms with Crippen LogP contribution in [0.3, 0.4) is 0 Å². The summed E-state index contributed by atoms with van der Waals surface area (Å²) in [4.78, 5) is 10.3. The summed E-state index contributed by atoms with van der Waals surface area (Å²) in [6.45, 7) is 6.10. The van der Waals surface area contributed by atoms with Gasteiger partial charge in [-0.25, -0.2) is 9.97 Å². The number of halogens is 2. The van der Waals surface area contributed by atoms with E-state index in [1.54, 1.807) is 11.3 Å². The monoisotopic (exact) mass is 339 g/mol. The zero-order valence-electron chi connectivity index (χ0n) is 12.0. The highest BCUT2D eigenvalue weighted by Gasteiger charge is 2.22. The highest BCUT2D eigenvalue weighted by Crippen LogP contribution is 2.33. The molecule has 2 heterocycles. The number of imidazole rings is 1. The van der Waals surface area contributed by atoms with Gasteiger partial charge in [-0.05, 0) is 39.0 Å². The highest BCUT2D eigenvalue weighted by molar-refractivity contribution is 7.11. The summed E-state index contributed by atoms with van der Waals surface area (Å²) in [5, 5.41) is 1.56.